The first-order chi connectivity index (χ1) is 28.7. The van der Waals surface area contributed by atoms with E-state index in [1.807, 2.05) is 6.07 Å². The molecule has 13 heteroatoms. The summed E-state index contributed by atoms with van der Waals surface area (Å²) < 4.78 is 36.2. The lowest BCUT2D eigenvalue weighted by Crippen LogP contribution is -2.30. The Morgan fingerprint density at radius 3 is 1.71 bits per heavy atom. The van der Waals surface area contributed by atoms with Crippen molar-refractivity contribution in [3.8, 4) is 0 Å². The fourth-order valence-corrected chi connectivity index (χ4v) is 10.6. The van der Waals surface area contributed by atoms with Gasteiger partial charge in [0.15, 0.2) is 12.6 Å². The highest BCUT2D eigenvalue weighted by Gasteiger charge is 2.50. The van der Waals surface area contributed by atoms with Crippen LogP contribution in [0.25, 0.3) is 0 Å². The molecule has 3 aliphatic heterocycles. The molecule has 3 N–H and O–H groups in total. The van der Waals surface area contributed by atoms with Crippen LogP contribution in [0.3, 0.4) is 0 Å². The first-order valence-electron chi connectivity index (χ1n) is 22.7. The summed E-state index contributed by atoms with van der Waals surface area (Å²) in [6.07, 6.45) is 15.3. The Morgan fingerprint density at radius 1 is 0.695 bits per heavy atom. The molecule has 0 aromatic heterocycles. The second-order valence-electron chi connectivity index (χ2n) is 17.5. The van der Waals surface area contributed by atoms with E-state index >= 15 is 0 Å². The Balaban J connectivity index is 0.000000199. The minimum absolute atomic E-state index is 0.0154. The molecule has 0 radical (unpaired) electrons. The molecule has 14 atom stereocenters. The zero-order chi connectivity index (χ0) is 41.4. The van der Waals surface area contributed by atoms with E-state index in [1.165, 1.54) is 17.5 Å². The summed E-state index contributed by atoms with van der Waals surface area (Å²) in [6, 6.07) is 21.0. The normalized spacial score (nSPS) is 31.5. The van der Waals surface area contributed by atoms with Crippen LogP contribution < -0.4 is 0 Å². The summed E-state index contributed by atoms with van der Waals surface area (Å²) in [5.74, 6) is 0.541. The lowest BCUT2D eigenvalue weighted by molar-refractivity contribution is -0.191. The number of hydrogen-bond acceptors (Lipinski definition) is 10. The zero-order valence-electron chi connectivity index (χ0n) is 35.0. The number of carbonyl (C=O) groups is 1. The Morgan fingerprint density at radius 2 is 1.22 bits per heavy atom. The van der Waals surface area contributed by atoms with E-state index < -0.39 is 12.2 Å². The number of ether oxygens (including phenoxy) is 5. The molecule has 2 aromatic carbocycles. The number of aliphatic hydroxyl groups is 3. The van der Waals surface area contributed by atoms with Gasteiger partial charge in [-0.25, -0.2) is 0 Å². The molecule has 2 saturated carbocycles. The summed E-state index contributed by atoms with van der Waals surface area (Å²) in [5.41, 5.74) is 2.64. The van der Waals surface area contributed by atoms with Gasteiger partial charge in [0.25, 0.3) is 0 Å². The van der Waals surface area contributed by atoms with E-state index in [4.69, 9.17) is 28.3 Å². The molecule has 2 aliphatic carbocycles. The SMILES string of the molecule is O=C1C[C@@H]2[C@@H](CC[C@H](CCc3ccccc3)OC3CCCCO3)[C@H](OB(P)P)C[C@@H]2O1.OCC[C@@H]1[C@@H](CC[C@H](CCc2ccccc2)OC2CCCCO2)[C@H](O)C[C@@H]1O. The summed E-state index contributed by atoms with van der Waals surface area (Å²) in [6.45, 7) is 1.61. The van der Waals surface area contributed by atoms with Crippen molar-refractivity contribution >= 4 is 30.6 Å². The Kier molecular flexibility index (Phi) is 19.9. The lowest BCUT2D eigenvalue weighted by atomic mass is 9.86. The van der Waals surface area contributed by atoms with Gasteiger partial charge in [-0.15, -0.1) is 18.2 Å². The van der Waals surface area contributed by atoms with Crippen molar-refractivity contribution in [2.24, 2.45) is 23.7 Å². The van der Waals surface area contributed by atoms with E-state index in [2.05, 4.69) is 72.8 Å². The van der Waals surface area contributed by atoms with E-state index in [0.29, 0.717) is 25.2 Å². The van der Waals surface area contributed by atoms with Gasteiger partial charge in [0.05, 0.1) is 30.8 Å². The van der Waals surface area contributed by atoms with Gasteiger partial charge in [-0.3, -0.25) is 4.79 Å². The number of rotatable bonds is 20. The van der Waals surface area contributed by atoms with Crippen molar-refractivity contribution in [3.63, 3.8) is 0 Å². The van der Waals surface area contributed by atoms with Crippen molar-refractivity contribution in [2.45, 2.75) is 165 Å². The highest BCUT2D eigenvalue weighted by atomic mass is 31.1. The molecule has 59 heavy (non-hydrogen) atoms. The van der Waals surface area contributed by atoms with Gasteiger partial charge >= 0.3 is 12.3 Å². The van der Waals surface area contributed by atoms with Crippen molar-refractivity contribution in [1.29, 1.82) is 0 Å². The molecule has 0 bridgehead atoms. The molecule has 3 saturated heterocycles. The van der Waals surface area contributed by atoms with Gasteiger partial charge in [0.2, 0.25) is 0 Å². The molecule has 5 fully saturated rings. The Bertz CT molecular complexity index is 1470. The summed E-state index contributed by atoms with van der Waals surface area (Å²) in [7, 11) is 5.38. The summed E-state index contributed by atoms with van der Waals surface area (Å²) >= 11 is 0. The number of carbonyl (C=O) groups excluding carboxylic acids is 1. The number of fused-ring (bicyclic) bond motifs is 1. The van der Waals surface area contributed by atoms with Crippen LogP contribution in [0, 0.1) is 23.7 Å². The van der Waals surface area contributed by atoms with Crippen LogP contribution in [-0.2, 0) is 46.0 Å². The first-order valence-corrected chi connectivity index (χ1v) is 24.0. The van der Waals surface area contributed by atoms with Crippen molar-refractivity contribution in [2.75, 3.05) is 19.8 Å². The largest absolute Gasteiger partial charge is 0.462 e. The highest BCUT2D eigenvalue weighted by molar-refractivity contribution is 7.92. The Hall–Kier alpha value is -1.49. The second kappa shape index (κ2) is 25.0. The van der Waals surface area contributed by atoms with Crippen LogP contribution in [0.5, 0.6) is 0 Å². The van der Waals surface area contributed by atoms with Gasteiger partial charge in [-0.05, 0) is 132 Å². The highest BCUT2D eigenvalue weighted by Crippen LogP contribution is 2.46. The fraction of sp³-hybridized carbons (Fsp3) is 0.717. The van der Waals surface area contributed by atoms with Gasteiger partial charge < -0.3 is 43.7 Å². The second-order valence-corrected chi connectivity index (χ2v) is 19.5. The van der Waals surface area contributed by atoms with Gasteiger partial charge in [-0.2, -0.15) is 0 Å². The molecule has 3 heterocycles. The van der Waals surface area contributed by atoms with E-state index in [9.17, 15) is 20.1 Å². The number of benzene rings is 2. The third-order valence-corrected chi connectivity index (χ3v) is 13.6. The minimum Gasteiger partial charge on any atom is -0.462 e. The van der Waals surface area contributed by atoms with Crippen molar-refractivity contribution < 1.29 is 48.5 Å². The van der Waals surface area contributed by atoms with Crippen LogP contribution in [-0.4, -0.2) is 96.7 Å². The number of aliphatic hydroxyl groups excluding tert-OH is 3. The maximum atomic E-state index is 11.9. The quantitative estimate of drug-likeness (QED) is 0.0702. The average Bonchev–Trinajstić information content (AvgIpc) is 3.85. The molecule has 0 amide bonds. The topological polar surface area (TPSA) is 133 Å². The van der Waals surface area contributed by atoms with Crippen molar-refractivity contribution in [3.05, 3.63) is 71.8 Å². The molecular formula is C46H71BO10P2. The number of hydrogen-bond donors (Lipinski definition) is 3. The van der Waals surface area contributed by atoms with Gasteiger partial charge in [-0.1, -0.05) is 60.7 Å². The summed E-state index contributed by atoms with van der Waals surface area (Å²) in [4.78, 5) is 11.9. The molecule has 0 spiro atoms. The maximum absolute atomic E-state index is 11.9. The van der Waals surface area contributed by atoms with E-state index in [0.717, 1.165) is 103 Å². The lowest BCUT2D eigenvalue weighted by Gasteiger charge is -2.30. The molecular weight excluding hydrogens is 785 g/mol. The third kappa shape index (κ3) is 15.1. The van der Waals surface area contributed by atoms with E-state index in [1.54, 1.807) is 0 Å². The standard InChI is InChI=1S/C23H35BO5P2.C23H36O5/c25-22-14-19-18(21(29-24(30)31)15-20(19)28-22)12-11-17(27-23-8-4-5-13-26-23)10-9-16-6-2-1-3-7-16;24-14-13-20-19(21(25)16-22(20)26)12-11-18(28-23-8-4-5-15-27-23)10-9-17-6-2-1-3-7-17/h1-3,6-7,17-21,23H,4-5,8-15,30-31H2;1-3,6-7,18-26H,4-5,8-16H2/t17-,18+,19+,20-,21+,23?;18-,19+,20+,21+,22-,23?/m00/s1. The monoisotopic (exact) mass is 856 g/mol. The predicted octanol–water partition coefficient (Wildman–Crippen LogP) is 7.43. The summed E-state index contributed by atoms with van der Waals surface area (Å²) in [5, 5.41) is 29.9. The molecule has 7 rings (SSSR count). The van der Waals surface area contributed by atoms with Gasteiger partial charge in [0, 0.05) is 38.3 Å². The predicted molar refractivity (Wildman–Crippen MR) is 236 cm³/mol. The average molecular weight is 857 g/mol. The molecule has 5 aliphatic rings. The fourth-order valence-electron chi connectivity index (χ4n) is 10.2. The van der Waals surface area contributed by atoms with Crippen LogP contribution in [0.2, 0.25) is 0 Å². The molecule has 2 aromatic rings. The van der Waals surface area contributed by atoms with Crippen LogP contribution in [0.1, 0.15) is 114 Å². The molecule has 10 nitrogen and oxygen atoms in total. The van der Waals surface area contributed by atoms with E-state index in [-0.39, 0.29) is 73.7 Å². The van der Waals surface area contributed by atoms with Crippen LogP contribution in [0.15, 0.2) is 60.7 Å². The number of aryl methyl sites for hydroxylation is 2. The smallest absolute Gasteiger partial charge is 0.336 e. The molecule has 328 valence electrons. The van der Waals surface area contributed by atoms with Crippen molar-refractivity contribution in [1.82, 2.24) is 0 Å². The maximum Gasteiger partial charge on any atom is 0.336 e. The molecule has 4 unspecified atom stereocenters. The minimum atomic E-state index is -0.516. The van der Waals surface area contributed by atoms with Crippen LogP contribution in [0.4, 0.5) is 0 Å². The third-order valence-electron chi connectivity index (χ3n) is 13.3. The Labute approximate surface area is 358 Å². The van der Waals surface area contributed by atoms with Crippen LogP contribution >= 0.6 is 18.2 Å². The number of esters is 1. The first kappa shape index (κ1) is 47.0. The zero-order valence-corrected chi connectivity index (χ0v) is 37.3. The van der Waals surface area contributed by atoms with Gasteiger partial charge in [0.1, 0.15) is 6.10 Å².